The number of hydrogen-bond acceptors (Lipinski definition) is 8. The molecule has 2 saturated heterocycles. The lowest BCUT2D eigenvalue weighted by Gasteiger charge is -2.34. The van der Waals surface area contributed by atoms with Crippen LogP contribution in [-0.4, -0.2) is 39.5 Å². The fourth-order valence-electron chi connectivity index (χ4n) is 3.38. The molecule has 0 spiro atoms. The van der Waals surface area contributed by atoms with Gasteiger partial charge >= 0.3 is 8.60 Å². The summed E-state index contributed by atoms with van der Waals surface area (Å²) < 4.78 is 25.1. The van der Waals surface area contributed by atoms with Crippen molar-refractivity contribution in [1.82, 2.24) is 14.6 Å². The molecule has 2 N–H and O–H groups in total. The fourth-order valence-corrected chi connectivity index (χ4v) is 4.71. The molecule has 0 aromatic carbocycles. The first-order valence-electron chi connectivity index (χ1n) is 8.35. The third-order valence-electron chi connectivity index (χ3n) is 4.65. The summed E-state index contributed by atoms with van der Waals surface area (Å²) in [6, 6.07) is 6.07. The first-order chi connectivity index (χ1) is 12.4. The highest BCUT2D eigenvalue weighted by atomic mass is 31.2. The monoisotopic (exact) mass is 377 g/mol. The molecule has 5 atom stereocenters. The number of anilines is 1. The van der Waals surface area contributed by atoms with Crippen LogP contribution >= 0.6 is 8.60 Å². The fraction of sp³-hybridized carbons (Fsp3) is 0.562. The van der Waals surface area contributed by atoms with Crippen LogP contribution in [-0.2, 0) is 18.3 Å². The van der Waals surface area contributed by atoms with E-state index in [1.54, 1.807) is 4.52 Å². The van der Waals surface area contributed by atoms with Gasteiger partial charge in [-0.05, 0) is 32.9 Å². The van der Waals surface area contributed by atoms with Gasteiger partial charge in [-0.25, -0.2) is 9.50 Å². The molecule has 2 aromatic rings. The van der Waals surface area contributed by atoms with Crippen LogP contribution in [0.2, 0.25) is 0 Å². The summed E-state index contributed by atoms with van der Waals surface area (Å²) in [5, 5.41) is 14.2. The standard InChI is InChI=1S/C16H20N5O4P/c1-9(2)24-26-22-6-12-14(25-26)16(3,7-17)13(23-12)10-4-5-11-15(18)19-8-20-21(10)11/h4-5,8-9,12-14H,6H2,1-3H3,(H2,18,19,20)/t12-,13+,14-,16+,26?/m1/s1. The van der Waals surface area contributed by atoms with E-state index in [1.807, 2.05) is 32.9 Å². The number of hydrogen-bond donors (Lipinski definition) is 1. The van der Waals surface area contributed by atoms with Crippen molar-refractivity contribution in [3.63, 3.8) is 0 Å². The first kappa shape index (κ1) is 17.6. The van der Waals surface area contributed by atoms with Gasteiger partial charge in [0.15, 0.2) is 5.82 Å². The molecule has 0 radical (unpaired) electrons. The Hall–Kier alpha value is -1.82. The number of aromatic nitrogens is 3. The van der Waals surface area contributed by atoms with Crippen molar-refractivity contribution in [2.75, 3.05) is 12.3 Å². The minimum atomic E-state index is -1.51. The predicted octanol–water partition coefficient (Wildman–Crippen LogP) is 2.35. The van der Waals surface area contributed by atoms with Gasteiger partial charge in [0.25, 0.3) is 0 Å². The van der Waals surface area contributed by atoms with Crippen LogP contribution in [0.4, 0.5) is 5.82 Å². The third-order valence-corrected chi connectivity index (χ3v) is 6.00. The SMILES string of the molecule is CC(C)OP1OC[C@H]2O[C@@H](c3ccc4c(N)ncnn34)[C@](C)(C#N)[C@@H]2O1. The van der Waals surface area contributed by atoms with Gasteiger partial charge in [-0.2, -0.15) is 10.4 Å². The van der Waals surface area contributed by atoms with Gasteiger partial charge in [-0.3, -0.25) is 0 Å². The number of rotatable bonds is 3. The van der Waals surface area contributed by atoms with E-state index in [4.69, 9.17) is 24.0 Å². The highest BCUT2D eigenvalue weighted by molar-refractivity contribution is 7.41. The molecule has 2 aromatic heterocycles. The number of nitriles is 1. The van der Waals surface area contributed by atoms with Crippen LogP contribution in [0.25, 0.3) is 5.52 Å². The lowest BCUT2D eigenvalue weighted by atomic mass is 9.79. The second kappa shape index (κ2) is 6.41. The molecule has 138 valence electrons. The quantitative estimate of drug-likeness (QED) is 0.810. The van der Waals surface area contributed by atoms with Gasteiger partial charge in [-0.1, -0.05) is 0 Å². The molecule has 2 aliphatic heterocycles. The van der Waals surface area contributed by atoms with E-state index in [1.165, 1.54) is 6.33 Å². The molecular weight excluding hydrogens is 357 g/mol. The van der Waals surface area contributed by atoms with Crippen LogP contribution < -0.4 is 5.73 Å². The van der Waals surface area contributed by atoms with Crippen molar-refractivity contribution < 1.29 is 18.3 Å². The van der Waals surface area contributed by atoms with Gasteiger partial charge in [0, 0.05) is 0 Å². The Kier molecular flexibility index (Phi) is 4.34. The Morgan fingerprint density at radius 3 is 3.04 bits per heavy atom. The normalized spacial score (nSPS) is 34.1. The molecule has 2 aliphatic rings. The second-order valence-corrected chi connectivity index (χ2v) is 7.98. The summed E-state index contributed by atoms with van der Waals surface area (Å²) in [5.74, 6) is 0.369. The van der Waals surface area contributed by atoms with E-state index >= 15 is 0 Å². The zero-order chi connectivity index (χ0) is 18.5. The lowest BCUT2D eigenvalue weighted by Crippen LogP contribution is -2.41. The number of nitrogens with two attached hydrogens (primary N) is 1. The van der Waals surface area contributed by atoms with E-state index in [-0.39, 0.29) is 12.2 Å². The van der Waals surface area contributed by atoms with Gasteiger partial charge in [0.2, 0.25) is 0 Å². The Balaban J connectivity index is 1.70. The molecule has 4 rings (SSSR count). The molecule has 4 heterocycles. The lowest BCUT2D eigenvalue weighted by molar-refractivity contribution is -0.0495. The maximum absolute atomic E-state index is 9.98. The van der Waals surface area contributed by atoms with Gasteiger partial charge < -0.3 is 24.0 Å². The van der Waals surface area contributed by atoms with Crippen LogP contribution in [0.5, 0.6) is 0 Å². The summed E-state index contributed by atoms with van der Waals surface area (Å²) in [5.41, 5.74) is 6.38. The molecule has 0 aliphatic carbocycles. The minimum Gasteiger partial charge on any atom is -0.382 e. The largest absolute Gasteiger partial charge is 0.382 e. The summed E-state index contributed by atoms with van der Waals surface area (Å²) in [7, 11) is -1.51. The number of nitrogen functional groups attached to an aromatic ring is 1. The number of fused-ring (bicyclic) bond motifs is 2. The Morgan fingerprint density at radius 2 is 2.31 bits per heavy atom. The summed E-state index contributed by atoms with van der Waals surface area (Å²) in [6.07, 6.45) is -0.00704. The zero-order valence-corrected chi connectivity index (χ0v) is 15.6. The van der Waals surface area contributed by atoms with E-state index in [0.717, 1.165) is 5.69 Å². The van der Waals surface area contributed by atoms with Crippen molar-refractivity contribution >= 4 is 19.9 Å². The summed E-state index contributed by atoms with van der Waals surface area (Å²) >= 11 is 0. The van der Waals surface area contributed by atoms with Gasteiger partial charge in [0.1, 0.15) is 35.6 Å². The average Bonchev–Trinajstić information content (AvgIpc) is 3.15. The minimum absolute atomic E-state index is 0.0293. The topological polar surface area (TPSA) is 117 Å². The maximum atomic E-state index is 9.98. The molecule has 9 nitrogen and oxygen atoms in total. The van der Waals surface area contributed by atoms with E-state index in [9.17, 15) is 5.26 Å². The average molecular weight is 377 g/mol. The van der Waals surface area contributed by atoms with Crippen LogP contribution in [0.1, 0.15) is 32.6 Å². The van der Waals surface area contributed by atoms with Gasteiger partial charge in [0.05, 0.1) is 24.5 Å². The molecule has 0 saturated carbocycles. The van der Waals surface area contributed by atoms with Crippen molar-refractivity contribution in [2.45, 2.75) is 45.2 Å². The maximum Gasteiger partial charge on any atom is 0.333 e. The Morgan fingerprint density at radius 1 is 1.50 bits per heavy atom. The zero-order valence-electron chi connectivity index (χ0n) is 14.7. The number of nitrogens with zero attached hydrogens (tertiary/aromatic N) is 4. The first-order valence-corrected chi connectivity index (χ1v) is 9.45. The Bertz CT molecular complexity index is 868. The summed E-state index contributed by atoms with van der Waals surface area (Å²) in [6.45, 7) is 5.97. The molecule has 10 heteroatoms. The second-order valence-electron chi connectivity index (χ2n) is 6.85. The van der Waals surface area contributed by atoms with E-state index < -0.39 is 26.2 Å². The van der Waals surface area contributed by atoms with E-state index in [0.29, 0.717) is 17.9 Å². The van der Waals surface area contributed by atoms with Crippen LogP contribution in [0.15, 0.2) is 18.5 Å². The van der Waals surface area contributed by atoms with Crippen molar-refractivity contribution in [1.29, 1.82) is 5.26 Å². The predicted molar refractivity (Wildman–Crippen MR) is 92.7 cm³/mol. The smallest absolute Gasteiger partial charge is 0.333 e. The molecule has 26 heavy (non-hydrogen) atoms. The molecule has 2 fully saturated rings. The Labute approximate surface area is 152 Å². The molecule has 0 bridgehead atoms. The molecule has 0 amide bonds. The van der Waals surface area contributed by atoms with Gasteiger partial charge in [-0.15, -0.1) is 0 Å². The summed E-state index contributed by atoms with van der Waals surface area (Å²) in [4.78, 5) is 3.99. The highest BCUT2D eigenvalue weighted by Gasteiger charge is 2.59. The van der Waals surface area contributed by atoms with Crippen LogP contribution in [0, 0.1) is 16.7 Å². The van der Waals surface area contributed by atoms with E-state index in [2.05, 4.69) is 16.2 Å². The molecule has 1 unspecified atom stereocenters. The number of ether oxygens (including phenoxy) is 1. The third kappa shape index (κ3) is 2.66. The highest BCUT2D eigenvalue weighted by Crippen LogP contribution is 2.58. The van der Waals surface area contributed by atoms with Crippen molar-refractivity contribution in [2.24, 2.45) is 5.41 Å². The van der Waals surface area contributed by atoms with Crippen molar-refractivity contribution in [3.05, 3.63) is 24.2 Å². The molecular formula is C16H20N5O4P. The van der Waals surface area contributed by atoms with Crippen LogP contribution in [0.3, 0.4) is 0 Å². The van der Waals surface area contributed by atoms with Crippen molar-refractivity contribution in [3.8, 4) is 6.07 Å².